The van der Waals surface area contributed by atoms with Crippen molar-refractivity contribution in [3.8, 4) is 11.1 Å². The van der Waals surface area contributed by atoms with Gasteiger partial charge in [-0.25, -0.2) is 17.2 Å². The molecule has 1 N–H and O–H groups in total. The molecule has 5 rings (SSSR count). The fraction of sp³-hybridized carbons (Fsp3) is 0.300. The summed E-state index contributed by atoms with van der Waals surface area (Å²) in [7, 11) is -3.56. The molecule has 226 valence electrons. The number of pyridine rings is 1. The van der Waals surface area contributed by atoms with Gasteiger partial charge in [0.05, 0.1) is 16.6 Å². The maximum absolute atomic E-state index is 14.1. The van der Waals surface area contributed by atoms with Crippen molar-refractivity contribution < 1.29 is 35.2 Å². The van der Waals surface area contributed by atoms with Crippen LogP contribution in [0.3, 0.4) is 0 Å². The van der Waals surface area contributed by atoms with Crippen molar-refractivity contribution in [2.45, 2.75) is 55.8 Å². The Morgan fingerprint density at radius 3 is 2.44 bits per heavy atom. The lowest BCUT2D eigenvalue weighted by atomic mass is 9.95. The summed E-state index contributed by atoms with van der Waals surface area (Å²) in [4.78, 5) is 17.9. The molecule has 2 heterocycles. The van der Waals surface area contributed by atoms with Gasteiger partial charge in [0.1, 0.15) is 18.2 Å². The first-order valence-corrected chi connectivity index (χ1v) is 15.3. The maximum Gasteiger partial charge on any atom is 0.435 e. The normalized spacial score (nSPS) is 14.3. The molecular formula is C30H27F5N4O3S. The van der Waals surface area contributed by atoms with Gasteiger partial charge in [-0.3, -0.25) is 14.5 Å². The van der Waals surface area contributed by atoms with Crippen molar-refractivity contribution in [2.24, 2.45) is 0 Å². The van der Waals surface area contributed by atoms with Crippen LogP contribution < -0.4 is 5.32 Å². The topological polar surface area (TPSA) is 94.0 Å². The summed E-state index contributed by atoms with van der Waals surface area (Å²) in [5, 5.41) is 6.52. The van der Waals surface area contributed by atoms with E-state index in [1.165, 1.54) is 18.3 Å². The van der Waals surface area contributed by atoms with E-state index < -0.39 is 51.8 Å². The molecule has 4 aromatic rings. The monoisotopic (exact) mass is 618 g/mol. The standard InChI is InChI=1S/C30H27F5N4O3S/c1-43(41,42)22-7-4-6-19(15-22)23-9-5-11-36-28(23)25(14-18-12-20(31)16-21(32)13-18)37-27(40)17-39-26-10-3-2-8-24(26)29(38-39)30(33,34)35/h4-7,9,11-13,15-16,25H,2-3,8,10,14,17H2,1H3,(H,37,40)/t25-/m0/s1. The smallest absolute Gasteiger partial charge is 0.346 e. The van der Waals surface area contributed by atoms with Gasteiger partial charge in [0.2, 0.25) is 5.91 Å². The number of carbonyl (C=O) groups is 1. The van der Waals surface area contributed by atoms with Crippen LogP contribution in [0.1, 0.15) is 47.1 Å². The summed E-state index contributed by atoms with van der Waals surface area (Å²) in [6.07, 6.45) is -0.474. The Bertz CT molecular complexity index is 1770. The molecule has 7 nitrogen and oxygen atoms in total. The van der Waals surface area contributed by atoms with Gasteiger partial charge in [0.25, 0.3) is 0 Å². The van der Waals surface area contributed by atoms with E-state index in [2.05, 4.69) is 15.4 Å². The van der Waals surface area contributed by atoms with Gasteiger partial charge in [0, 0.05) is 35.3 Å². The van der Waals surface area contributed by atoms with E-state index in [1.807, 2.05) is 0 Å². The molecule has 13 heteroatoms. The van der Waals surface area contributed by atoms with E-state index in [0.717, 1.165) is 23.1 Å². The molecule has 2 aromatic carbocycles. The summed E-state index contributed by atoms with van der Waals surface area (Å²) in [5.41, 5.74) is 0.826. The maximum atomic E-state index is 14.1. The molecule has 0 fully saturated rings. The molecule has 0 saturated carbocycles. The second-order valence-electron chi connectivity index (χ2n) is 10.5. The number of hydrogen-bond donors (Lipinski definition) is 1. The number of hydrogen-bond acceptors (Lipinski definition) is 5. The number of fused-ring (bicyclic) bond motifs is 1. The third kappa shape index (κ3) is 6.93. The van der Waals surface area contributed by atoms with Crippen LogP contribution in [-0.4, -0.2) is 35.3 Å². The number of sulfone groups is 1. The number of aromatic nitrogens is 3. The van der Waals surface area contributed by atoms with Crippen LogP contribution >= 0.6 is 0 Å². The van der Waals surface area contributed by atoms with Gasteiger partial charge in [-0.05, 0) is 73.6 Å². The van der Waals surface area contributed by atoms with Crippen LogP contribution in [0.15, 0.2) is 65.7 Å². The van der Waals surface area contributed by atoms with Gasteiger partial charge in [-0.2, -0.15) is 18.3 Å². The van der Waals surface area contributed by atoms with Crippen LogP contribution in [0.25, 0.3) is 11.1 Å². The first-order valence-electron chi connectivity index (χ1n) is 13.4. The summed E-state index contributed by atoms with van der Waals surface area (Å²) in [6, 6.07) is 11.3. The molecule has 0 unspecified atom stereocenters. The number of rotatable bonds is 8. The minimum absolute atomic E-state index is 0.0523. The van der Waals surface area contributed by atoms with Crippen LogP contribution in [0.2, 0.25) is 0 Å². The van der Waals surface area contributed by atoms with Gasteiger partial charge < -0.3 is 5.32 Å². The van der Waals surface area contributed by atoms with Gasteiger partial charge in [-0.15, -0.1) is 0 Å². The van der Waals surface area contributed by atoms with Gasteiger partial charge in [0.15, 0.2) is 15.5 Å². The zero-order valence-electron chi connectivity index (χ0n) is 23.0. The Morgan fingerprint density at radius 2 is 1.74 bits per heavy atom. The number of nitrogens with one attached hydrogen (secondary N) is 1. The molecule has 0 spiro atoms. The Kier molecular flexibility index (Phi) is 8.37. The summed E-state index contributed by atoms with van der Waals surface area (Å²) in [5.74, 6) is -2.34. The molecule has 0 saturated heterocycles. The van der Waals surface area contributed by atoms with Crippen molar-refractivity contribution in [3.63, 3.8) is 0 Å². The third-order valence-electron chi connectivity index (χ3n) is 7.26. The van der Waals surface area contributed by atoms with E-state index >= 15 is 0 Å². The summed E-state index contributed by atoms with van der Waals surface area (Å²) in [6.45, 7) is -0.516. The van der Waals surface area contributed by atoms with Crippen LogP contribution in [0.4, 0.5) is 22.0 Å². The lowest BCUT2D eigenvalue weighted by Gasteiger charge is -2.22. The molecule has 43 heavy (non-hydrogen) atoms. The van der Waals surface area contributed by atoms with E-state index in [4.69, 9.17) is 0 Å². The number of alkyl halides is 3. The second kappa shape index (κ2) is 11.9. The van der Waals surface area contributed by atoms with Crippen molar-refractivity contribution in [3.05, 3.63) is 101 Å². The predicted octanol–water partition coefficient (Wildman–Crippen LogP) is 5.62. The molecule has 0 radical (unpaired) electrons. The van der Waals surface area contributed by atoms with Crippen LogP contribution in [0, 0.1) is 11.6 Å². The van der Waals surface area contributed by atoms with Crippen molar-refractivity contribution in [1.29, 1.82) is 0 Å². The molecule has 1 amide bonds. The Hall–Kier alpha value is -4.13. The molecule has 1 aliphatic rings. The van der Waals surface area contributed by atoms with Gasteiger partial charge in [-0.1, -0.05) is 18.2 Å². The van der Waals surface area contributed by atoms with Crippen LogP contribution in [0.5, 0.6) is 0 Å². The number of benzene rings is 2. The number of carbonyl (C=O) groups excluding carboxylic acids is 1. The van der Waals surface area contributed by atoms with E-state index in [-0.39, 0.29) is 34.6 Å². The van der Waals surface area contributed by atoms with Crippen molar-refractivity contribution >= 4 is 15.7 Å². The molecule has 1 aliphatic carbocycles. The summed E-state index contributed by atoms with van der Waals surface area (Å²) < 4.78 is 94.7. The summed E-state index contributed by atoms with van der Waals surface area (Å²) >= 11 is 0. The largest absolute Gasteiger partial charge is 0.435 e. The highest BCUT2D eigenvalue weighted by atomic mass is 32.2. The second-order valence-corrected chi connectivity index (χ2v) is 12.5. The van der Waals surface area contributed by atoms with E-state index in [9.17, 15) is 35.2 Å². The average molecular weight is 619 g/mol. The quantitative estimate of drug-likeness (QED) is 0.259. The first-order chi connectivity index (χ1) is 20.3. The Morgan fingerprint density at radius 1 is 1.02 bits per heavy atom. The Balaban J connectivity index is 1.53. The highest BCUT2D eigenvalue weighted by molar-refractivity contribution is 7.90. The lowest BCUT2D eigenvalue weighted by Crippen LogP contribution is -2.34. The fourth-order valence-electron chi connectivity index (χ4n) is 5.42. The molecule has 1 atom stereocenters. The van der Waals surface area contributed by atoms with Crippen molar-refractivity contribution in [2.75, 3.05) is 6.26 Å². The molecule has 0 aliphatic heterocycles. The number of amides is 1. The Labute approximate surface area is 244 Å². The van der Waals surface area contributed by atoms with Crippen LogP contribution in [-0.2, 0) is 46.6 Å². The zero-order chi connectivity index (χ0) is 30.9. The average Bonchev–Trinajstić information content (AvgIpc) is 3.31. The third-order valence-corrected chi connectivity index (χ3v) is 8.37. The molecular weight excluding hydrogens is 591 g/mol. The minimum atomic E-state index is -4.67. The highest BCUT2D eigenvalue weighted by Crippen LogP contribution is 2.36. The number of halogens is 5. The SMILES string of the molecule is CS(=O)(=O)c1cccc(-c2cccnc2[C@H](Cc2cc(F)cc(F)c2)NC(=O)Cn2nc(C(F)(F)F)c3c2CCCC3)c1. The van der Waals surface area contributed by atoms with E-state index in [0.29, 0.717) is 42.1 Å². The highest BCUT2D eigenvalue weighted by Gasteiger charge is 2.39. The predicted molar refractivity (Wildman–Crippen MR) is 148 cm³/mol. The lowest BCUT2D eigenvalue weighted by molar-refractivity contribution is -0.142. The van der Waals surface area contributed by atoms with Gasteiger partial charge >= 0.3 is 6.18 Å². The molecule has 0 bridgehead atoms. The first kappa shape index (κ1) is 30.3. The zero-order valence-corrected chi connectivity index (χ0v) is 23.8. The van der Waals surface area contributed by atoms with Crippen molar-refractivity contribution in [1.82, 2.24) is 20.1 Å². The minimum Gasteiger partial charge on any atom is -0.346 e. The molecule has 2 aromatic heterocycles. The van der Waals surface area contributed by atoms with E-state index in [1.54, 1.807) is 24.3 Å². The number of nitrogens with zero attached hydrogens (tertiary/aromatic N) is 3. The fourth-order valence-corrected chi connectivity index (χ4v) is 6.09.